The maximum Gasteiger partial charge on any atom is 0.251 e. The molecule has 2 aromatic carbocycles. The molecule has 0 aliphatic rings. The second kappa shape index (κ2) is 9.35. The summed E-state index contributed by atoms with van der Waals surface area (Å²) in [6.45, 7) is 4.81. The normalized spacial score (nSPS) is 11.6. The number of benzene rings is 2. The Morgan fingerprint density at radius 1 is 1.00 bits per heavy atom. The topological polar surface area (TPSA) is 66.5 Å². The highest BCUT2D eigenvalue weighted by atomic mass is 32.2. The van der Waals surface area contributed by atoms with Gasteiger partial charge < -0.3 is 5.32 Å². The Labute approximate surface area is 176 Å². The Morgan fingerprint density at radius 3 is 2.31 bits per heavy atom. The fourth-order valence-corrected chi connectivity index (χ4v) is 5.26. The van der Waals surface area contributed by atoms with Crippen molar-refractivity contribution in [2.24, 2.45) is 0 Å². The largest absolute Gasteiger partial charge is 0.348 e. The Kier molecular flexibility index (Phi) is 6.84. The molecule has 1 heterocycles. The first-order chi connectivity index (χ1) is 14.0. The average molecular weight is 429 g/mol. The van der Waals surface area contributed by atoms with Crippen molar-refractivity contribution >= 4 is 27.3 Å². The summed E-state index contributed by atoms with van der Waals surface area (Å²) in [6, 6.07) is 16.1. The maximum absolute atomic E-state index is 12.6. The molecule has 0 aliphatic heterocycles. The lowest BCUT2D eigenvalue weighted by molar-refractivity contribution is 0.0951. The van der Waals surface area contributed by atoms with Crippen LogP contribution < -0.4 is 5.32 Å². The summed E-state index contributed by atoms with van der Waals surface area (Å²) < 4.78 is 26.5. The van der Waals surface area contributed by atoms with E-state index < -0.39 is 10.0 Å². The number of sulfonamides is 1. The number of nitrogens with one attached hydrogen (secondary N) is 1. The molecule has 7 heteroatoms. The minimum Gasteiger partial charge on any atom is -0.348 e. The van der Waals surface area contributed by atoms with Gasteiger partial charge in [-0.05, 0) is 57.8 Å². The van der Waals surface area contributed by atoms with Crippen LogP contribution in [0.1, 0.15) is 29.8 Å². The lowest BCUT2D eigenvalue weighted by atomic mass is 10.0. The summed E-state index contributed by atoms with van der Waals surface area (Å²) in [6.07, 6.45) is 0. The number of carbonyl (C=O) groups is 1. The number of carbonyl (C=O) groups excluding carboxylic acids is 1. The van der Waals surface area contributed by atoms with Crippen LogP contribution in [-0.4, -0.2) is 31.7 Å². The molecule has 29 heavy (non-hydrogen) atoms. The fraction of sp³-hybridized carbons (Fsp3) is 0.227. The molecule has 0 spiro atoms. The van der Waals surface area contributed by atoms with Crippen LogP contribution in [0.25, 0.3) is 11.1 Å². The van der Waals surface area contributed by atoms with Crippen LogP contribution in [0.4, 0.5) is 0 Å². The smallest absolute Gasteiger partial charge is 0.251 e. The van der Waals surface area contributed by atoms with E-state index in [9.17, 15) is 13.2 Å². The van der Waals surface area contributed by atoms with E-state index >= 15 is 0 Å². The lowest BCUT2D eigenvalue weighted by Gasteiger charge is -2.18. The maximum atomic E-state index is 12.6. The molecule has 0 unspecified atom stereocenters. The molecule has 0 atom stereocenters. The molecule has 1 N–H and O–H groups in total. The first-order valence-corrected chi connectivity index (χ1v) is 11.8. The third-order valence-corrected chi connectivity index (χ3v) is 7.50. The van der Waals surface area contributed by atoms with E-state index in [0.29, 0.717) is 25.2 Å². The minimum absolute atomic E-state index is 0.195. The molecule has 0 bridgehead atoms. The monoisotopic (exact) mass is 428 g/mol. The third kappa shape index (κ3) is 4.75. The zero-order valence-corrected chi connectivity index (χ0v) is 18.1. The number of thiophene rings is 1. The van der Waals surface area contributed by atoms with Gasteiger partial charge >= 0.3 is 0 Å². The van der Waals surface area contributed by atoms with Gasteiger partial charge in [0, 0.05) is 25.2 Å². The number of rotatable bonds is 8. The Morgan fingerprint density at radius 2 is 1.69 bits per heavy atom. The van der Waals surface area contributed by atoms with Crippen LogP contribution in [0, 0.1) is 0 Å². The van der Waals surface area contributed by atoms with Gasteiger partial charge in [0.15, 0.2) is 0 Å². The van der Waals surface area contributed by atoms with Gasteiger partial charge in [-0.3, -0.25) is 4.79 Å². The van der Waals surface area contributed by atoms with Gasteiger partial charge in [-0.25, -0.2) is 8.42 Å². The van der Waals surface area contributed by atoms with Crippen LogP contribution >= 0.6 is 11.3 Å². The number of amides is 1. The quantitative estimate of drug-likeness (QED) is 0.579. The van der Waals surface area contributed by atoms with Crippen molar-refractivity contribution < 1.29 is 13.2 Å². The molecule has 5 nitrogen and oxygen atoms in total. The van der Waals surface area contributed by atoms with Gasteiger partial charge in [0.1, 0.15) is 0 Å². The highest BCUT2D eigenvalue weighted by molar-refractivity contribution is 7.89. The van der Waals surface area contributed by atoms with Crippen LogP contribution in [0.5, 0.6) is 0 Å². The lowest BCUT2D eigenvalue weighted by Crippen LogP contribution is -2.30. The molecular formula is C22H24N2O3S2. The third-order valence-electron chi connectivity index (χ3n) is 4.75. The zero-order valence-electron chi connectivity index (χ0n) is 16.5. The first kappa shape index (κ1) is 21.2. The van der Waals surface area contributed by atoms with E-state index in [-0.39, 0.29) is 10.8 Å². The summed E-state index contributed by atoms with van der Waals surface area (Å²) in [5, 5.41) is 7.03. The van der Waals surface area contributed by atoms with Crippen molar-refractivity contribution in [3.8, 4) is 11.1 Å². The average Bonchev–Trinajstić information content (AvgIpc) is 3.28. The molecule has 0 aliphatic carbocycles. The number of nitrogens with zero attached hydrogens (tertiary/aromatic N) is 1. The van der Waals surface area contributed by atoms with Crippen LogP contribution in [0.3, 0.4) is 0 Å². The molecule has 0 fully saturated rings. The van der Waals surface area contributed by atoms with Gasteiger partial charge in [-0.1, -0.05) is 38.1 Å². The molecule has 0 radical (unpaired) electrons. The molecular weight excluding hydrogens is 404 g/mol. The van der Waals surface area contributed by atoms with Crippen molar-refractivity contribution in [2.45, 2.75) is 25.3 Å². The molecule has 0 saturated heterocycles. The Bertz CT molecular complexity index is 1060. The molecule has 152 valence electrons. The summed E-state index contributed by atoms with van der Waals surface area (Å²) in [5.41, 5.74) is 3.68. The van der Waals surface area contributed by atoms with E-state index in [0.717, 1.165) is 16.7 Å². The van der Waals surface area contributed by atoms with Gasteiger partial charge in [0.05, 0.1) is 4.90 Å². The van der Waals surface area contributed by atoms with Crippen LogP contribution in [-0.2, 0) is 16.6 Å². The zero-order chi connectivity index (χ0) is 20.9. The summed E-state index contributed by atoms with van der Waals surface area (Å²) in [4.78, 5) is 12.7. The predicted molar refractivity (Wildman–Crippen MR) is 117 cm³/mol. The standard InChI is InChI=1S/C22H24N2O3S2/c1-3-24(4-2)29(26,27)20-11-9-17(10-12-20)22(25)23-15-18-7-5-6-8-21(18)19-13-14-28-16-19/h5-14,16H,3-4,15H2,1-2H3,(H,23,25). The number of hydrogen-bond donors (Lipinski definition) is 1. The second-order valence-electron chi connectivity index (χ2n) is 6.47. The van der Waals surface area contributed by atoms with Crippen molar-refractivity contribution in [3.63, 3.8) is 0 Å². The second-order valence-corrected chi connectivity index (χ2v) is 9.18. The van der Waals surface area contributed by atoms with Gasteiger partial charge in [0.2, 0.25) is 10.0 Å². The van der Waals surface area contributed by atoms with Gasteiger partial charge in [-0.15, -0.1) is 0 Å². The highest BCUT2D eigenvalue weighted by Gasteiger charge is 2.21. The van der Waals surface area contributed by atoms with E-state index in [2.05, 4.69) is 16.8 Å². The van der Waals surface area contributed by atoms with Gasteiger partial charge in [0.25, 0.3) is 5.91 Å². The predicted octanol–water partition coefficient (Wildman–Crippen LogP) is 4.38. The summed E-state index contributed by atoms with van der Waals surface area (Å²) >= 11 is 1.63. The summed E-state index contributed by atoms with van der Waals surface area (Å²) in [7, 11) is -3.53. The van der Waals surface area contributed by atoms with Crippen molar-refractivity contribution in [1.29, 1.82) is 0 Å². The summed E-state index contributed by atoms with van der Waals surface area (Å²) in [5.74, 6) is -0.239. The van der Waals surface area contributed by atoms with E-state index in [1.807, 2.05) is 29.6 Å². The minimum atomic E-state index is -3.53. The SMILES string of the molecule is CCN(CC)S(=O)(=O)c1ccc(C(=O)NCc2ccccc2-c2ccsc2)cc1. The van der Waals surface area contributed by atoms with Crippen molar-refractivity contribution in [3.05, 3.63) is 76.5 Å². The van der Waals surface area contributed by atoms with E-state index in [1.54, 1.807) is 37.3 Å². The fourth-order valence-electron chi connectivity index (χ4n) is 3.14. The molecule has 3 aromatic rings. The van der Waals surface area contributed by atoms with E-state index in [1.165, 1.54) is 16.4 Å². The Hall–Kier alpha value is -2.48. The van der Waals surface area contributed by atoms with Crippen LogP contribution in [0.15, 0.2) is 70.3 Å². The van der Waals surface area contributed by atoms with Crippen molar-refractivity contribution in [1.82, 2.24) is 9.62 Å². The van der Waals surface area contributed by atoms with Crippen LogP contribution in [0.2, 0.25) is 0 Å². The first-order valence-electron chi connectivity index (χ1n) is 9.46. The number of hydrogen-bond acceptors (Lipinski definition) is 4. The highest BCUT2D eigenvalue weighted by Crippen LogP contribution is 2.25. The van der Waals surface area contributed by atoms with Gasteiger partial charge in [-0.2, -0.15) is 15.6 Å². The molecule has 3 rings (SSSR count). The van der Waals surface area contributed by atoms with E-state index in [4.69, 9.17) is 0 Å². The Balaban J connectivity index is 1.72. The molecule has 0 saturated carbocycles. The van der Waals surface area contributed by atoms with Crippen molar-refractivity contribution in [2.75, 3.05) is 13.1 Å². The molecule has 1 amide bonds. The molecule has 1 aromatic heterocycles.